The summed E-state index contributed by atoms with van der Waals surface area (Å²) in [7, 11) is 1.57. The van der Waals surface area contributed by atoms with Crippen LogP contribution < -0.4 is 14.8 Å². The average molecular weight is 450 g/mol. The lowest BCUT2D eigenvalue weighted by Crippen LogP contribution is -2.35. The summed E-state index contributed by atoms with van der Waals surface area (Å²) in [6.07, 6.45) is 1.98. The lowest BCUT2D eigenvalue weighted by atomic mass is 10.2. The summed E-state index contributed by atoms with van der Waals surface area (Å²) >= 11 is 3.35. The van der Waals surface area contributed by atoms with E-state index in [9.17, 15) is 9.90 Å². The highest BCUT2D eigenvalue weighted by Gasteiger charge is 2.26. The lowest BCUT2D eigenvalue weighted by Gasteiger charge is -2.21. The third-order valence-corrected chi connectivity index (χ3v) is 4.94. The Kier molecular flexibility index (Phi) is 7.24. The largest absolute Gasteiger partial charge is 0.490 e. The van der Waals surface area contributed by atoms with Gasteiger partial charge >= 0.3 is 0 Å². The molecule has 2 aromatic rings. The minimum Gasteiger partial charge on any atom is -0.490 e. The zero-order valence-electron chi connectivity index (χ0n) is 15.7. The van der Waals surface area contributed by atoms with Gasteiger partial charge in [-0.15, -0.1) is 0 Å². The summed E-state index contributed by atoms with van der Waals surface area (Å²) in [4.78, 5) is 18.3. The molecule has 150 valence electrons. The third kappa shape index (κ3) is 5.67. The molecule has 1 saturated heterocycles. The molecule has 0 spiro atoms. The Morgan fingerprint density at radius 1 is 1.39 bits per heavy atom. The number of β-amino-alcohol motifs (C(OH)–C–C–N with tert-alkyl or cyclic N) is 1. The quantitative estimate of drug-likeness (QED) is 0.641. The summed E-state index contributed by atoms with van der Waals surface area (Å²) in [5.41, 5.74) is 0.453. The second kappa shape index (κ2) is 9.86. The second-order valence-electron chi connectivity index (χ2n) is 6.64. The highest BCUT2D eigenvalue weighted by molar-refractivity contribution is 9.10. The molecule has 2 unspecified atom stereocenters. The smallest absolute Gasteiger partial charge is 0.254 e. The fourth-order valence-electron chi connectivity index (χ4n) is 3.11. The number of nitrogens with one attached hydrogen (secondary N) is 1. The monoisotopic (exact) mass is 449 g/mol. The number of aromatic nitrogens is 1. The molecule has 1 aromatic heterocycles. The van der Waals surface area contributed by atoms with Crippen molar-refractivity contribution in [3.05, 3.63) is 52.6 Å². The molecule has 28 heavy (non-hydrogen) atoms. The van der Waals surface area contributed by atoms with Gasteiger partial charge in [-0.2, -0.15) is 0 Å². The molecule has 0 bridgehead atoms. The molecular weight excluding hydrogens is 426 g/mol. The number of aliphatic hydroxyl groups excluding tert-OH is 1. The molecular formula is C20H24BrN3O4. The number of likely N-dealkylation sites (tertiary alicyclic amines) is 1. The van der Waals surface area contributed by atoms with E-state index in [4.69, 9.17) is 9.47 Å². The van der Waals surface area contributed by atoms with E-state index in [0.717, 1.165) is 24.0 Å². The van der Waals surface area contributed by atoms with Crippen LogP contribution in [0.15, 0.2) is 47.1 Å². The number of carbonyl (C=O) groups is 1. The fourth-order valence-corrected chi connectivity index (χ4v) is 3.35. The Bertz CT molecular complexity index is 787. The summed E-state index contributed by atoms with van der Waals surface area (Å²) < 4.78 is 12.5. The van der Waals surface area contributed by atoms with E-state index in [0.29, 0.717) is 23.7 Å². The Labute approximate surface area is 172 Å². The van der Waals surface area contributed by atoms with Gasteiger partial charge < -0.3 is 19.9 Å². The Morgan fingerprint density at radius 3 is 2.96 bits per heavy atom. The zero-order chi connectivity index (χ0) is 19.9. The van der Waals surface area contributed by atoms with Crippen LogP contribution in [0.3, 0.4) is 0 Å². The van der Waals surface area contributed by atoms with Gasteiger partial charge in [-0.3, -0.25) is 9.69 Å². The molecule has 8 heteroatoms. The van der Waals surface area contributed by atoms with E-state index in [2.05, 4.69) is 31.1 Å². The van der Waals surface area contributed by atoms with Gasteiger partial charge in [0.15, 0.2) is 0 Å². The number of hydrogen-bond acceptors (Lipinski definition) is 6. The van der Waals surface area contributed by atoms with Gasteiger partial charge in [-0.05, 0) is 40.5 Å². The first kappa shape index (κ1) is 20.6. The SMILES string of the molecule is CNC(=O)c1ccccc1OCC(O)CN1CCC(Oc2ccc(Br)cn2)C1. The Hall–Kier alpha value is -2.16. The first-order valence-corrected chi connectivity index (χ1v) is 9.97. The van der Waals surface area contributed by atoms with Gasteiger partial charge in [-0.25, -0.2) is 4.98 Å². The van der Waals surface area contributed by atoms with Gasteiger partial charge in [0.1, 0.15) is 24.6 Å². The van der Waals surface area contributed by atoms with Gasteiger partial charge in [0, 0.05) is 43.4 Å². The molecule has 0 saturated carbocycles. The highest BCUT2D eigenvalue weighted by Crippen LogP contribution is 2.20. The maximum absolute atomic E-state index is 11.9. The van der Waals surface area contributed by atoms with Crippen LogP contribution in [0, 0.1) is 0 Å². The number of halogens is 1. The lowest BCUT2D eigenvalue weighted by molar-refractivity contribution is 0.0707. The molecule has 0 aliphatic carbocycles. The summed E-state index contributed by atoms with van der Waals surface area (Å²) in [6.45, 7) is 2.16. The van der Waals surface area contributed by atoms with Crippen molar-refractivity contribution in [3.63, 3.8) is 0 Å². The van der Waals surface area contributed by atoms with Crippen LogP contribution in [-0.4, -0.2) is 66.4 Å². The van der Waals surface area contributed by atoms with Crippen LogP contribution >= 0.6 is 15.9 Å². The number of aliphatic hydroxyl groups is 1. The van der Waals surface area contributed by atoms with Gasteiger partial charge in [0.05, 0.1) is 5.56 Å². The normalized spacial score (nSPS) is 17.9. The molecule has 7 nitrogen and oxygen atoms in total. The van der Waals surface area contributed by atoms with Crippen molar-refractivity contribution in [2.75, 3.05) is 33.3 Å². The van der Waals surface area contributed by atoms with Crippen molar-refractivity contribution in [1.29, 1.82) is 0 Å². The number of amides is 1. The Balaban J connectivity index is 1.45. The maximum atomic E-state index is 11.9. The van der Waals surface area contributed by atoms with Crippen molar-refractivity contribution >= 4 is 21.8 Å². The van der Waals surface area contributed by atoms with Gasteiger partial charge in [0.25, 0.3) is 5.91 Å². The van der Waals surface area contributed by atoms with E-state index in [1.807, 2.05) is 12.1 Å². The summed E-state index contributed by atoms with van der Waals surface area (Å²) in [6, 6.07) is 10.7. The summed E-state index contributed by atoms with van der Waals surface area (Å²) in [5, 5.41) is 12.9. The topological polar surface area (TPSA) is 83.9 Å². The van der Waals surface area contributed by atoms with E-state index < -0.39 is 6.10 Å². The first-order chi connectivity index (χ1) is 13.5. The third-order valence-electron chi connectivity index (χ3n) is 4.48. The molecule has 2 heterocycles. The van der Waals surface area contributed by atoms with E-state index >= 15 is 0 Å². The van der Waals surface area contributed by atoms with Crippen LogP contribution in [-0.2, 0) is 0 Å². The number of rotatable bonds is 8. The minimum absolute atomic E-state index is 0.0516. The van der Waals surface area contributed by atoms with Gasteiger partial charge in [-0.1, -0.05) is 12.1 Å². The molecule has 2 atom stereocenters. The molecule has 2 N–H and O–H groups in total. The predicted molar refractivity (Wildman–Crippen MR) is 109 cm³/mol. The average Bonchev–Trinajstić information content (AvgIpc) is 3.14. The van der Waals surface area contributed by atoms with Crippen LogP contribution in [0.5, 0.6) is 11.6 Å². The molecule has 1 aliphatic rings. The van der Waals surface area contributed by atoms with Crippen LogP contribution in [0.1, 0.15) is 16.8 Å². The number of nitrogens with zero attached hydrogens (tertiary/aromatic N) is 2. The number of ether oxygens (including phenoxy) is 2. The van der Waals surface area contributed by atoms with Crippen molar-refractivity contribution < 1.29 is 19.4 Å². The van der Waals surface area contributed by atoms with E-state index in [1.165, 1.54) is 0 Å². The van der Waals surface area contributed by atoms with Crippen molar-refractivity contribution in [2.45, 2.75) is 18.6 Å². The summed E-state index contributed by atoms with van der Waals surface area (Å²) in [5.74, 6) is 0.848. The second-order valence-corrected chi connectivity index (χ2v) is 7.56. The number of pyridine rings is 1. The molecule has 1 aliphatic heterocycles. The molecule has 1 amide bonds. The molecule has 1 fully saturated rings. The van der Waals surface area contributed by atoms with Gasteiger partial charge in [0.2, 0.25) is 5.88 Å². The van der Waals surface area contributed by atoms with Crippen molar-refractivity contribution in [2.24, 2.45) is 0 Å². The zero-order valence-corrected chi connectivity index (χ0v) is 17.3. The van der Waals surface area contributed by atoms with Crippen molar-refractivity contribution in [1.82, 2.24) is 15.2 Å². The number of para-hydroxylation sites is 1. The first-order valence-electron chi connectivity index (χ1n) is 9.17. The highest BCUT2D eigenvalue weighted by atomic mass is 79.9. The number of carbonyl (C=O) groups excluding carboxylic acids is 1. The molecule has 1 aromatic carbocycles. The molecule has 0 radical (unpaired) electrons. The van der Waals surface area contributed by atoms with E-state index in [-0.39, 0.29) is 18.6 Å². The fraction of sp³-hybridized carbons (Fsp3) is 0.400. The Morgan fingerprint density at radius 2 is 2.21 bits per heavy atom. The van der Waals surface area contributed by atoms with E-state index in [1.54, 1.807) is 37.5 Å². The molecule has 3 rings (SSSR count). The van der Waals surface area contributed by atoms with Crippen molar-refractivity contribution in [3.8, 4) is 11.6 Å². The maximum Gasteiger partial charge on any atom is 0.254 e. The predicted octanol–water partition coefficient (Wildman–Crippen LogP) is 2.10. The standard InChI is InChI=1S/C20H24BrN3O4/c1-22-20(26)17-4-2-3-5-18(17)27-13-15(25)11-24-9-8-16(12-24)28-19-7-6-14(21)10-23-19/h2-7,10,15-16,25H,8-9,11-13H2,1H3,(H,22,26). The van der Waals surface area contributed by atoms with Crippen LogP contribution in [0.4, 0.5) is 0 Å². The minimum atomic E-state index is -0.665. The number of benzene rings is 1. The van der Waals surface area contributed by atoms with Crippen LogP contribution in [0.25, 0.3) is 0 Å². The number of hydrogen-bond donors (Lipinski definition) is 2. The van der Waals surface area contributed by atoms with Crippen LogP contribution in [0.2, 0.25) is 0 Å².